The molecule has 2 N–H and O–H groups in total. The largest absolute Gasteiger partial charge is 0.344 e. The zero-order valence-corrected chi connectivity index (χ0v) is 19.9. The van der Waals surface area contributed by atoms with Crippen molar-refractivity contribution in [1.29, 1.82) is 0 Å². The number of rotatable bonds is 5. The van der Waals surface area contributed by atoms with Crippen molar-refractivity contribution in [2.45, 2.75) is 71.0 Å². The number of nitrogens with zero attached hydrogens (tertiary/aromatic N) is 2. The number of carbonyl (C=O) groups excluding carboxylic acids is 4. The number of likely N-dealkylation sites (tertiary alicyclic amines) is 1. The molecule has 5 amide bonds. The van der Waals surface area contributed by atoms with E-state index in [9.17, 15) is 19.2 Å². The molecule has 8 nitrogen and oxygen atoms in total. The van der Waals surface area contributed by atoms with Crippen LogP contribution in [0.15, 0.2) is 24.3 Å². The Bertz CT molecular complexity index is 944. The van der Waals surface area contributed by atoms with Crippen LogP contribution in [0, 0.1) is 11.8 Å². The molecule has 33 heavy (non-hydrogen) atoms. The van der Waals surface area contributed by atoms with Crippen molar-refractivity contribution in [3.8, 4) is 0 Å². The molecule has 1 aromatic carbocycles. The monoisotopic (exact) mass is 454 g/mol. The van der Waals surface area contributed by atoms with E-state index in [-0.39, 0.29) is 41.6 Å². The predicted octanol–water partition coefficient (Wildman–Crippen LogP) is 1.86. The van der Waals surface area contributed by atoms with Gasteiger partial charge in [0.25, 0.3) is 5.91 Å². The van der Waals surface area contributed by atoms with Crippen molar-refractivity contribution >= 4 is 23.8 Å². The number of carbonyl (C=O) groups is 4. The second-order valence-electron chi connectivity index (χ2n) is 10.2. The number of nitrogens with one attached hydrogen (secondary N) is 2. The van der Waals surface area contributed by atoms with E-state index < -0.39 is 11.6 Å². The third-order valence-corrected chi connectivity index (χ3v) is 7.56. The van der Waals surface area contributed by atoms with E-state index in [0.717, 1.165) is 0 Å². The van der Waals surface area contributed by atoms with Gasteiger partial charge in [0.05, 0.1) is 0 Å². The lowest BCUT2D eigenvalue weighted by molar-refractivity contribution is -0.140. The Morgan fingerprint density at radius 2 is 1.67 bits per heavy atom. The first-order valence-electron chi connectivity index (χ1n) is 11.9. The number of urea groups is 1. The van der Waals surface area contributed by atoms with Crippen molar-refractivity contribution in [1.82, 2.24) is 20.4 Å². The van der Waals surface area contributed by atoms with E-state index in [1.807, 2.05) is 32.9 Å². The van der Waals surface area contributed by atoms with Gasteiger partial charge in [0.2, 0.25) is 11.8 Å². The first-order chi connectivity index (χ1) is 15.6. The lowest BCUT2D eigenvalue weighted by Gasteiger charge is -2.40. The molecule has 8 heteroatoms. The molecule has 0 saturated carbocycles. The maximum atomic E-state index is 13.5. The highest BCUT2D eigenvalue weighted by atomic mass is 16.2. The van der Waals surface area contributed by atoms with E-state index in [1.54, 1.807) is 4.90 Å². The molecule has 3 aliphatic rings. The first kappa shape index (κ1) is 23.3. The number of imide groups is 1. The minimum Gasteiger partial charge on any atom is -0.344 e. The highest BCUT2D eigenvalue weighted by molar-refractivity contribution is 6.07. The van der Waals surface area contributed by atoms with Gasteiger partial charge in [-0.3, -0.25) is 19.3 Å². The van der Waals surface area contributed by atoms with Crippen LogP contribution < -0.4 is 10.6 Å². The average molecular weight is 455 g/mol. The van der Waals surface area contributed by atoms with Crippen LogP contribution in [0.5, 0.6) is 0 Å². The summed E-state index contributed by atoms with van der Waals surface area (Å²) < 4.78 is 0. The standard InChI is InChI=1S/C25H34N4O4/c1-15(2)21(26-16(3)30)22(31)28-11-9-19(10-12-28)25(4)23(32)29(24(33)27-25)20-13-17-7-5-6-8-18(17)14-20/h5-8,15,19-21H,9-14H2,1-4H3,(H,26,30)(H,27,33). The Labute approximate surface area is 195 Å². The number of benzene rings is 1. The topological polar surface area (TPSA) is 98.8 Å². The van der Waals surface area contributed by atoms with Crippen LogP contribution in [0.3, 0.4) is 0 Å². The summed E-state index contributed by atoms with van der Waals surface area (Å²) in [5.74, 6) is -0.538. The molecule has 0 bridgehead atoms. The Hall–Kier alpha value is -2.90. The van der Waals surface area contributed by atoms with E-state index >= 15 is 0 Å². The molecule has 0 spiro atoms. The number of hydrogen-bond donors (Lipinski definition) is 2. The quantitative estimate of drug-likeness (QED) is 0.664. The fourth-order valence-electron chi connectivity index (χ4n) is 5.61. The number of piperidine rings is 1. The normalized spacial score (nSPS) is 24.8. The minimum atomic E-state index is -0.962. The van der Waals surface area contributed by atoms with E-state index in [0.29, 0.717) is 38.8 Å². The number of amides is 5. The molecule has 2 atom stereocenters. The van der Waals surface area contributed by atoms with Gasteiger partial charge in [-0.15, -0.1) is 0 Å². The molecule has 2 aliphatic heterocycles. The Kier molecular flexibility index (Phi) is 6.20. The van der Waals surface area contributed by atoms with Gasteiger partial charge >= 0.3 is 6.03 Å². The van der Waals surface area contributed by atoms with Crippen LogP contribution in [0.4, 0.5) is 4.79 Å². The van der Waals surface area contributed by atoms with Crippen LogP contribution >= 0.6 is 0 Å². The summed E-state index contributed by atoms with van der Waals surface area (Å²) >= 11 is 0. The third-order valence-electron chi connectivity index (χ3n) is 7.56. The van der Waals surface area contributed by atoms with Crippen molar-refractivity contribution in [2.24, 2.45) is 11.8 Å². The van der Waals surface area contributed by atoms with E-state index in [1.165, 1.54) is 23.0 Å². The van der Waals surface area contributed by atoms with Crippen molar-refractivity contribution in [3.63, 3.8) is 0 Å². The molecule has 1 aliphatic carbocycles. The predicted molar refractivity (Wildman–Crippen MR) is 123 cm³/mol. The van der Waals surface area contributed by atoms with E-state index in [4.69, 9.17) is 0 Å². The number of fused-ring (bicyclic) bond motifs is 1. The zero-order chi connectivity index (χ0) is 23.9. The lowest BCUT2D eigenvalue weighted by atomic mass is 9.78. The molecule has 2 saturated heterocycles. The summed E-state index contributed by atoms with van der Waals surface area (Å²) in [7, 11) is 0. The Morgan fingerprint density at radius 1 is 1.09 bits per heavy atom. The van der Waals surface area contributed by atoms with Crippen molar-refractivity contribution in [2.75, 3.05) is 13.1 Å². The second-order valence-corrected chi connectivity index (χ2v) is 10.2. The van der Waals surface area contributed by atoms with Crippen LogP contribution in [-0.4, -0.2) is 64.3 Å². The van der Waals surface area contributed by atoms with Crippen LogP contribution in [-0.2, 0) is 27.2 Å². The molecule has 0 radical (unpaired) electrons. The summed E-state index contributed by atoms with van der Waals surface area (Å²) in [6.07, 6.45) is 2.63. The number of hydrogen-bond acceptors (Lipinski definition) is 4. The summed E-state index contributed by atoms with van der Waals surface area (Å²) in [6, 6.07) is 7.08. The van der Waals surface area contributed by atoms with Gasteiger partial charge < -0.3 is 15.5 Å². The average Bonchev–Trinajstić information content (AvgIpc) is 3.29. The highest BCUT2D eigenvalue weighted by Crippen LogP contribution is 2.36. The molecule has 2 unspecified atom stereocenters. The van der Waals surface area contributed by atoms with Gasteiger partial charge in [-0.2, -0.15) is 0 Å². The third kappa shape index (κ3) is 4.23. The second kappa shape index (κ2) is 8.80. The summed E-state index contributed by atoms with van der Waals surface area (Å²) in [6.45, 7) is 8.06. The van der Waals surface area contributed by atoms with Gasteiger partial charge in [-0.1, -0.05) is 38.1 Å². The van der Waals surface area contributed by atoms with Gasteiger partial charge in [0, 0.05) is 26.1 Å². The smallest absolute Gasteiger partial charge is 0.325 e. The summed E-state index contributed by atoms with van der Waals surface area (Å²) in [5, 5.41) is 5.75. The zero-order valence-electron chi connectivity index (χ0n) is 19.9. The maximum absolute atomic E-state index is 13.5. The molecule has 1 aromatic rings. The van der Waals surface area contributed by atoms with E-state index in [2.05, 4.69) is 22.8 Å². The maximum Gasteiger partial charge on any atom is 0.325 e. The van der Waals surface area contributed by atoms with Crippen LogP contribution in [0.1, 0.15) is 51.7 Å². The molecule has 2 fully saturated rings. The van der Waals surface area contributed by atoms with Gasteiger partial charge in [0.15, 0.2) is 0 Å². The first-order valence-corrected chi connectivity index (χ1v) is 11.9. The van der Waals surface area contributed by atoms with Crippen LogP contribution in [0.25, 0.3) is 0 Å². The van der Waals surface area contributed by atoms with Crippen LogP contribution in [0.2, 0.25) is 0 Å². The lowest BCUT2D eigenvalue weighted by Crippen LogP contribution is -2.57. The van der Waals surface area contributed by atoms with Gasteiger partial charge in [0.1, 0.15) is 11.6 Å². The summed E-state index contributed by atoms with van der Waals surface area (Å²) in [5.41, 5.74) is 1.43. The van der Waals surface area contributed by atoms with Gasteiger partial charge in [-0.05, 0) is 55.6 Å². The molecule has 0 aromatic heterocycles. The molecule has 4 rings (SSSR count). The van der Waals surface area contributed by atoms with Crippen molar-refractivity contribution < 1.29 is 19.2 Å². The minimum absolute atomic E-state index is 0.0172. The fourth-order valence-corrected chi connectivity index (χ4v) is 5.61. The molecular formula is C25H34N4O4. The molecule has 2 heterocycles. The summed E-state index contributed by atoms with van der Waals surface area (Å²) in [4.78, 5) is 54.2. The fraction of sp³-hybridized carbons (Fsp3) is 0.600. The Morgan fingerprint density at radius 3 is 2.18 bits per heavy atom. The van der Waals surface area contributed by atoms with Crippen molar-refractivity contribution in [3.05, 3.63) is 35.4 Å². The Balaban J connectivity index is 1.41. The highest BCUT2D eigenvalue weighted by Gasteiger charge is 2.55. The van der Waals surface area contributed by atoms with Gasteiger partial charge in [-0.25, -0.2) is 4.79 Å². The molecular weight excluding hydrogens is 420 g/mol. The molecule has 178 valence electrons. The SMILES string of the molecule is CC(=O)NC(C(=O)N1CCC(C2(C)NC(=O)N(C3Cc4ccccc4C3)C2=O)CC1)C(C)C.